The summed E-state index contributed by atoms with van der Waals surface area (Å²) in [4.78, 5) is 51.6. The summed E-state index contributed by atoms with van der Waals surface area (Å²) in [5, 5.41) is 7.50. The minimum atomic E-state index is -1.14. The Balaban J connectivity index is 1.38. The Labute approximate surface area is 221 Å². The van der Waals surface area contributed by atoms with Crippen molar-refractivity contribution in [2.45, 2.75) is 19.0 Å². The summed E-state index contributed by atoms with van der Waals surface area (Å²) in [5.41, 5.74) is 6.47. The van der Waals surface area contributed by atoms with Gasteiger partial charge in [0.25, 0.3) is 5.91 Å². The maximum absolute atomic E-state index is 15.4. The van der Waals surface area contributed by atoms with Crippen molar-refractivity contribution in [2.24, 2.45) is 5.73 Å². The fraction of sp³-hybridized carbons (Fsp3) is 0.148. The van der Waals surface area contributed by atoms with E-state index < -0.39 is 29.6 Å². The average Bonchev–Trinajstić information content (AvgIpc) is 3.47. The van der Waals surface area contributed by atoms with Gasteiger partial charge in [0.2, 0.25) is 11.8 Å². The first-order valence-electron chi connectivity index (χ1n) is 11.7. The summed E-state index contributed by atoms with van der Waals surface area (Å²) in [6.07, 6.45) is -0.213. The molecular formula is C27H21ClFN5O4. The molecular weight excluding hydrogens is 513 g/mol. The number of nitrogens with one attached hydrogen (secondary N) is 1. The van der Waals surface area contributed by atoms with Crippen molar-refractivity contribution in [3.05, 3.63) is 83.3 Å². The second-order valence-electron chi connectivity index (χ2n) is 8.80. The van der Waals surface area contributed by atoms with Gasteiger partial charge < -0.3 is 16.0 Å². The molecule has 0 bridgehead atoms. The number of rotatable bonds is 6. The van der Waals surface area contributed by atoms with Gasteiger partial charge >= 0.3 is 0 Å². The Morgan fingerprint density at radius 2 is 1.74 bits per heavy atom. The summed E-state index contributed by atoms with van der Waals surface area (Å²) >= 11 is 6.22. The molecule has 11 heteroatoms. The SMILES string of the molecule is NC(=O)c1nn(CC(=O)N2CC(=O)CC2C(=O)Nc2cccc(-c3ccccc3Cl)c2F)c2ccccc12. The second kappa shape index (κ2) is 10.1. The predicted octanol–water partition coefficient (Wildman–Crippen LogP) is 3.40. The number of carbonyl (C=O) groups is 4. The maximum atomic E-state index is 15.4. The maximum Gasteiger partial charge on any atom is 0.269 e. The van der Waals surface area contributed by atoms with E-state index in [1.54, 1.807) is 54.6 Å². The molecule has 1 atom stereocenters. The molecule has 3 aromatic carbocycles. The molecule has 3 amide bonds. The number of amides is 3. The summed E-state index contributed by atoms with van der Waals surface area (Å²) in [6, 6.07) is 16.8. The monoisotopic (exact) mass is 533 g/mol. The van der Waals surface area contributed by atoms with E-state index in [9.17, 15) is 19.2 Å². The molecule has 1 aliphatic heterocycles. The third kappa shape index (κ3) is 4.61. The fourth-order valence-electron chi connectivity index (χ4n) is 4.57. The van der Waals surface area contributed by atoms with Crippen LogP contribution in [0.4, 0.5) is 10.1 Å². The summed E-state index contributed by atoms with van der Waals surface area (Å²) in [6.45, 7) is -0.609. The van der Waals surface area contributed by atoms with E-state index in [0.29, 0.717) is 21.5 Å². The number of nitrogens with two attached hydrogens (primary N) is 1. The molecule has 3 N–H and O–H groups in total. The van der Waals surface area contributed by atoms with Crippen molar-refractivity contribution in [1.29, 1.82) is 0 Å². The molecule has 0 aliphatic carbocycles. The van der Waals surface area contributed by atoms with Crippen molar-refractivity contribution >= 4 is 51.7 Å². The van der Waals surface area contributed by atoms with Gasteiger partial charge in [0, 0.05) is 28.0 Å². The molecule has 1 saturated heterocycles. The number of primary amides is 1. The number of likely N-dealkylation sites (tertiary alicyclic amines) is 1. The van der Waals surface area contributed by atoms with E-state index in [0.717, 1.165) is 4.90 Å². The minimum absolute atomic E-state index is 0.00840. The van der Waals surface area contributed by atoms with Gasteiger partial charge in [0.05, 0.1) is 17.7 Å². The van der Waals surface area contributed by atoms with Gasteiger partial charge in [-0.25, -0.2) is 4.39 Å². The zero-order chi connectivity index (χ0) is 27.0. The number of anilines is 1. The van der Waals surface area contributed by atoms with Crippen LogP contribution in [-0.2, 0) is 20.9 Å². The van der Waals surface area contributed by atoms with Crippen LogP contribution >= 0.6 is 11.6 Å². The van der Waals surface area contributed by atoms with Crippen LogP contribution in [0.2, 0.25) is 5.02 Å². The van der Waals surface area contributed by atoms with Crippen molar-refractivity contribution in [2.75, 3.05) is 11.9 Å². The van der Waals surface area contributed by atoms with Gasteiger partial charge in [-0.1, -0.05) is 60.1 Å². The van der Waals surface area contributed by atoms with Crippen LogP contribution < -0.4 is 11.1 Å². The van der Waals surface area contributed by atoms with Crippen molar-refractivity contribution in [3.63, 3.8) is 0 Å². The first-order valence-corrected chi connectivity index (χ1v) is 12.0. The van der Waals surface area contributed by atoms with Gasteiger partial charge in [-0.2, -0.15) is 5.10 Å². The molecule has 38 heavy (non-hydrogen) atoms. The lowest BCUT2D eigenvalue weighted by Gasteiger charge is -2.23. The Kier molecular flexibility index (Phi) is 6.64. The number of benzene rings is 3. The highest BCUT2D eigenvalue weighted by atomic mass is 35.5. The molecule has 5 rings (SSSR count). The zero-order valence-corrected chi connectivity index (χ0v) is 20.6. The summed E-state index contributed by atoms with van der Waals surface area (Å²) < 4.78 is 16.7. The van der Waals surface area contributed by atoms with E-state index in [4.69, 9.17) is 17.3 Å². The van der Waals surface area contributed by atoms with Crippen molar-refractivity contribution in [3.8, 4) is 11.1 Å². The molecule has 0 saturated carbocycles. The van der Waals surface area contributed by atoms with E-state index in [1.807, 2.05) is 0 Å². The normalized spacial score (nSPS) is 15.2. The molecule has 9 nitrogen and oxygen atoms in total. The third-order valence-corrected chi connectivity index (χ3v) is 6.69. The highest BCUT2D eigenvalue weighted by molar-refractivity contribution is 6.33. The van der Waals surface area contributed by atoms with Crippen LogP contribution in [0.1, 0.15) is 16.9 Å². The van der Waals surface area contributed by atoms with Gasteiger partial charge in [0.15, 0.2) is 17.3 Å². The zero-order valence-electron chi connectivity index (χ0n) is 19.9. The molecule has 1 fully saturated rings. The number of hydrogen-bond acceptors (Lipinski definition) is 5. The number of aromatic nitrogens is 2. The Morgan fingerprint density at radius 1 is 1.03 bits per heavy atom. The number of nitrogens with zero attached hydrogens (tertiary/aromatic N) is 3. The number of hydrogen-bond donors (Lipinski definition) is 2. The lowest BCUT2D eigenvalue weighted by molar-refractivity contribution is -0.137. The van der Waals surface area contributed by atoms with Crippen LogP contribution in [0.15, 0.2) is 66.7 Å². The molecule has 1 unspecified atom stereocenters. The predicted molar refractivity (Wildman–Crippen MR) is 139 cm³/mol. The van der Waals surface area contributed by atoms with Gasteiger partial charge in [0.1, 0.15) is 12.6 Å². The lowest BCUT2D eigenvalue weighted by Crippen LogP contribution is -2.44. The first kappa shape index (κ1) is 25.1. The minimum Gasteiger partial charge on any atom is -0.364 e. The first-order chi connectivity index (χ1) is 18.2. The number of fused-ring (bicyclic) bond motifs is 1. The number of para-hydroxylation sites is 1. The third-order valence-electron chi connectivity index (χ3n) is 6.36. The smallest absolute Gasteiger partial charge is 0.269 e. The Hall–Kier alpha value is -4.57. The topological polar surface area (TPSA) is 127 Å². The summed E-state index contributed by atoms with van der Waals surface area (Å²) in [7, 11) is 0. The number of halogens is 2. The molecule has 192 valence electrons. The van der Waals surface area contributed by atoms with Crippen LogP contribution in [0.25, 0.3) is 22.0 Å². The highest BCUT2D eigenvalue weighted by Crippen LogP contribution is 2.33. The molecule has 4 aromatic rings. The quantitative estimate of drug-likeness (QED) is 0.392. The summed E-state index contributed by atoms with van der Waals surface area (Å²) in [5.74, 6) is -3.03. The number of Topliss-reactive ketones (excluding diaryl/α,β-unsaturated/α-hetero) is 1. The van der Waals surface area contributed by atoms with E-state index in [2.05, 4.69) is 10.4 Å². The van der Waals surface area contributed by atoms with E-state index >= 15 is 4.39 Å². The Bertz CT molecular complexity index is 1620. The molecule has 0 radical (unpaired) electrons. The van der Waals surface area contributed by atoms with Gasteiger partial charge in [-0.15, -0.1) is 0 Å². The average molecular weight is 534 g/mol. The van der Waals surface area contributed by atoms with Crippen LogP contribution in [0.3, 0.4) is 0 Å². The fourth-order valence-corrected chi connectivity index (χ4v) is 4.81. The van der Waals surface area contributed by atoms with Gasteiger partial charge in [-0.3, -0.25) is 23.9 Å². The van der Waals surface area contributed by atoms with E-state index in [1.165, 1.54) is 16.8 Å². The Morgan fingerprint density at radius 3 is 2.50 bits per heavy atom. The standard InChI is InChI=1S/C27H21ClFN5O4/c28-19-9-3-1-6-16(19)17-8-5-10-20(24(17)29)31-27(38)22-12-15(35)13-33(22)23(36)14-34-21-11-4-2-7-18(21)25(32-34)26(30)37/h1-11,22H,12-14H2,(H2,30,37)(H,31,38). The molecule has 1 aliphatic rings. The molecule has 0 spiro atoms. The van der Waals surface area contributed by atoms with E-state index in [-0.39, 0.29) is 42.2 Å². The highest BCUT2D eigenvalue weighted by Gasteiger charge is 2.39. The molecule has 2 heterocycles. The van der Waals surface area contributed by atoms with Crippen molar-refractivity contribution < 1.29 is 23.6 Å². The van der Waals surface area contributed by atoms with Gasteiger partial charge in [-0.05, 0) is 18.2 Å². The number of carbonyl (C=O) groups excluding carboxylic acids is 4. The van der Waals surface area contributed by atoms with Crippen LogP contribution in [-0.4, -0.2) is 50.8 Å². The van der Waals surface area contributed by atoms with Crippen LogP contribution in [0, 0.1) is 5.82 Å². The largest absolute Gasteiger partial charge is 0.364 e. The van der Waals surface area contributed by atoms with Crippen LogP contribution in [0.5, 0.6) is 0 Å². The lowest BCUT2D eigenvalue weighted by atomic mass is 10.0. The second-order valence-corrected chi connectivity index (χ2v) is 9.21. The molecule has 1 aromatic heterocycles. The van der Waals surface area contributed by atoms with Crippen molar-refractivity contribution in [1.82, 2.24) is 14.7 Å². The number of ketones is 1.